The summed E-state index contributed by atoms with van der Waals surface area (Å²) in [7, 11) is 0. The smallest absolute Gasteiger partial charge is 0.362 e. The fourth-order valence-corrected chi connectivity index (χ4v) is 2.60. The Hall–Kier alpha value is -2.91. The quantitative estimate of drug-likeness (QED) is 0.626. The van der Waals surface area contributed by atoms with Crippen LogP contribution in [-0.2, 0) is 12.4 Å². The monoisotopic (exact) mass is 386 g/mol. The normalized spacial score (nSPS) is 13.6. The first-order valence-corrected chi connectivity index (χ1v) is 7.68. The molecule has 27 heavy (non-hydrogen) atoms. The highest BCUT2D eigenvalue weighted by Gasteiger charge is 2.43. The van der Waals surface area contributed by atoms with Crippen molar-refractivity contribution >= 4 is 16.9 Å². The van der Waals surface area contributed by atoms with Gasteiger partial charge in [0.15, 0.2) is 5.82 Å². The van der Waals surface area contributed by atoms with Gasteiger partial charge in [-0.05, 0) is 36.8 Å². The van der Waals surface area contributed by atoms with Crippen LogP contribution in [0.25, 0.3) is 11.0 Å². The molecule has 0 bridgehead atoms. The van der Waals surface area contributed by atoms with Crippen molar-refractivity contribution in [2.45, 2.75) is 25.3 Å². The Labute approximate surface area is 149 Å². The van der Waals surface area contributed by atoms with E-state index in [4.69, 9.17) is 0 Å². The molecule has 142 valence electrons. The fourth-order valence-electron chi connectivity index (χ4n) is 2.60. The van der Waals surface area contributed by atoms with Crippen molar-refractivity contribution in [3.05, 3.63) is 59.5 Å². The lowest BCUT2D eigenvalue weighted by Crippen LogP contribution is -2.18. The zero-order chi connectivity index (χ0) is 19.8. The molecule has 3 rings (SSSR count). The number of nitrogens with one attached hydrogen (secondary N) is 1. The van der Waals surface area contributed by atoms with Crippen molar-refractivity contribution in [2.24, 2.45) is 0 Å². The summed E-state index contributed by atoms with van der Waals surface area (Å²) in [4.78, 5) is 12.1. The number of aromatic nitrogens is 3. The Bertz CT molecular complexity index is 962. The molecular formula is C17H12F6N4. The molecule has 0 saturated heterocycles. The molecule has 0 unspecified atom stereocenters. The lowest BCUT2D eigenvalue weighted by molar-refractivity contribution is -0.162. The van der Waals surface area contributed by atoms with Crippen LogP contribution in [0, 0.1) is 0 Å². The van der Waals surface area contributed by atoms with Gasteiger partial charge >= 0.3 is 12.4 Å². The molecule has 1 N–H and O–H groups in total. The molecule has 0 aliphatic carbocycles. The minimum atomic E-state index is -5.14. The fraction of sp³-hybridized carbons (Fsp3) is 0.235. The molecule has 1 aromatic carbocycles. The summed E-state index contributed by atoms with van der Waals surface area (Å²) in [5.74, 6) is 0.265. The van der Waals surface area contributed by atoms with Crippen LogP contribution in [-0.4, -0.2) is 15.0 Å². The van der Waals surface area contributed by atoms with Gasteiger partial charge < -0.3 is 5.32 Å². The summed E-state index contributed by atoms with van der Waals surface area (Å²) < 4.78 is 78.0. The van der Waals surface area contributed by atoms with Crippen LogP contribution in [0.15, 0.2) is 42.9 Å². The van der Waals surface area contributed by atoms with Gasteiger partial charge in [0.25, 0.3) is 0 Å². The molecule has 0 saturated carbocycles. The van der Waals surface area contributed by atoms with E-state index in [2.05, 4.69) is 20.3 Å². The second kappa shape index (κ2) is 6.67. The minimum Gasteiger partial charge on any atom is -0.362 e. The van der Waals surface area contributed by atoms with Crippen molar-refractivity contribution in [3.63, 3.8) is 0 Å². The number of fused-ring (bicyclic) bond motifs is 1. The molecular weight excluding hydrogens is 374 g/mol. The zero-order valence-corrected chi connectivity index (χ0v) is 13.7. The first-order chi connectivity index (χ1) is 12.6. The van der Waals surface area contributed by atoms with Gasteiger partial charge in [0.05, 0.1) is 22.7 Å². The van der Waals surface area contributed by atoms with Crippen LogP contribution >= 0.6 is 0 Å². The average molecular weight is 386 g/mol. The van der Waals surface area contributed by atoms with Gasteiger partial charge in [-0.1, -0.05) is 6.07 Å². The third-order valence-corrected chi connectivity index (χ3v) is 3.90. The predicted molar refractivity (Wildman–Crippen MR) is 85.8 cm³/mol. The Morgan fingerprint density at radius 1 is 0.889 bits per heavy atom. The maximum atomic E-state index is 13.1. The third kappa shape index (κ3) is 3.93. The highest BCUT2D eigenvalue weighted by molar-refractivity contribution is 5.84. The Morgan fingerprint density at radius 2 is 1.59 bits per heavy atom. The van der Waals surface area contributed by atoms with Crippen molar-refractivity contribution in [2.75, 3.05) is 5.32 Å². The van der Waals surface area contributed by atoms with E-state index < -0.39 is 29.5 Å². The third-order valence-electron chi connectivity index (χ3n) is 3.90. The molecule has 2 heterocycles. The second-order valence-corrected chi connectivity index (χ2v) is 5.76. The van der Waals surface area contributed by atoms with Crippen LogP contribution < -0.4 is 5.32 Å². The van der Waals surface area contributed by atoms with Gasteiger partial charge in [0.1, 0.15) is 11.8 Å². The van der Waals surface area contributed by atoms with Crippen LogP contribution in [0.2, 0.25) is 0 Å². The Balaban J connectivity index is 1.98. The maximum Gasteiger partial charge on any atom is 0.417 e. The van der Waals surface area contributed by atoms with E-state index in [1.165, 1.54) is 19.4 Å². The number of halogens is 6. The van der Waals surface area contributed by atoms with E-state index in [1.807, 2.05) is 0 Å². The van der Waals surface area contributed by atoms with Gasteiger partial charge in [-0.3, -0.25) is 4.98 Å². The molecule has 1 atom stereocenters. The Morgan fingerprint density at radius 3 is 2.26 bits per heavy atom. The molecule has 10 heteroatoms. The number of nitrogens with zero attached hydrogens (tertiary/aromatic N) is 3. The molecule has 4 nitrogen and oxygen atoms in total. The number of hydrogen-bond acceptors (Lipinski definition) is 4. The summed E-state index contributed by atoms with van der Waals surface area (Å²) in [6, 6.07) is 4.53. The van der Waals surface area contributed by atoms with E-state index in [9.17, 15) is 26.3 Å². The van der Waals surface area contributed by atoms with Gasteiger partial charge in [-0.25, -0.2) is 9.97 Å². The SMILES string of the molecule is C[C@H](Nc1ncnc2cccnc12)c1ccc(C(F)(F)F)c(C(F)(F)F)c1. The van der Waals surface area contributed by atoms with E-state index >= 15 is 0 Å². The van der Waals surface area contributed by atoms with Crippen molar-refractivity contribution in [1.29, 1.82) is 0 Å². The number of anilines is 1. The molecule has 0 spiro atoms. The topological polar surface area (TPSA) is 50.7 Å². The average Bonchev–Trinajstić information content (AvgIpc) is 2.60. The van der Waals surface area contributed by atoms with Crippen LogP contribution in [0.5, 0.6) is 0 Å². The van der Waals surface area contributed by atoms with Crippen LogP contribution in [0.4, 0.5) is 32.2 Å². The van der Waals surface area contributed by atoms with E-state index in [0.717, 1.165) is 6.07 Å². The number of benzene rings is 1. The minimum absolute atomic E-state index is 0.0259. The number of alkyl halides is 6. The first kappa shape index (κ1) is 18.9. The number of rotatable bonds is 3. The molecule has 0 radical (unpaired) electrons. The lowest BCUT2D eigenvalue weighted by atomic mass is 9.99. The van der Waals surface area contributed by atoms with E-state index in [1.54, 1.807) is 12.1 Å². The van der Waals surface area contributed by atoms with Gasteiger partial charge in [0.2, 0.25) is 0 Å². The highest BCUT2D eigenvalue weighted by Crippen LogP contribution is 2.41. The maximum absolute atomic E-state index is 13.1. The lowest BCUT2D eigenvalue weighted by Gasteiger charge is -2.20. The summed E-state index contributed by atoms with van der Waals surface area (Å²) in [5, 5.41) is 2.88. The molecule has 0 amide bonds. The van der Waals surface area contributed by atoms with E-state index in [-0.39, 0.29) is 11.4 Å². The largest absolute Gasteiger partial charge is 0.417 e. The molecule has 0 aliphatic heterocycles. The van der Waals surface area contributed by atoms with Gasteiger partial charge in [0, 0.05) is 6.20 Å². The Kier molecular flexibility index (Phi) is 4.66. The summed E-state index contributed by atoms with van der Waals surface area (Å²) in [6.45, 7) is 1.51. The van der Waals surface area contributed by atoms with Crippen molar-refractivity contribution < 1.29 is 26.3 Å². The van der Waals surface area contributed by atoms with Gasteiger partial charge in [-0.15, -0.1) is 0 Å². The standard InChI is InChI=1S/C17H12F6N4/c1-9(27-15-14-13(25-8-26-15)3-2-6-24-14)10-4-5-11(16(18,19)20)12(7-10)17(21,22)23/h2-9H,1H3,(H,25,26,27)/t9-/m0/s1. The second-order valence-electron chi connectivity index (χ2n) is 5.76. The number of pyridine rings is 1. The number of hydrogen-bond donors (Lipinski definition) is 1. The van der Waals surface area contributed by atoms with Gasteiger partial charge in [-0.2, -0.15) is 26.3 Å². The molecule has 0 aliphatic rings. The highest BCUT2D eigenvalue weighted by atomic mass is 19.4. The van der Waals surface area contributed by atoms with Crippen molar-refractivity contribution in [1.82, 2.24) is 15.0 Å². The van der Waals surface area contributed by atoms with Crippen LogP contribution in [0.3, 0.4) is 0 Å². The first-order valence-electron chi connectivity index (χ1n) is 7.68. The van der Waals surface area contributed by atoms with Crippen LogP contribution in [0.1, 0.15) is 29.7 Å². The molecule has 3 aromatic rings. The summed E-state index contributed by atoms with van der Waals surface area (Å²) in [6.07, 6.45) is -7.48. The molecule has 0 fully saturated rings. The molecule has 2 aromatic heterocycles. The van der Waals surface area contributed by atoms with Crippen molar-refractivity contribution in [3.8, 4) is 0 Å². The predicted octanol–water partition coefficient (Wildman–Crippen LogP) is 5.24. The van der Waals surface area contributed by atoms with E-state index in [0.29, 0.717) is 23.2 Å². The zero-order valence-electron chi connectivity index (χ0n) is 13.7. The summed E-state index contributed by atoms with van der Waals surface area (Å²) >= 11 is 0. The summed E-state index contributed by atoms with van der Waals surface area (Å²) in [5.41, 5.74) is -2.51.